The largest absolute Gasteiger partial charge is 0.493 e. The number of nitrogens with one attached hydrogen (secondary N) is 2. The number of hydrogen-bond acceptors (Lipinski definition) is 5. The first-order valence-corrected chi connectivity index (χ1v) is 11.0. The molecule has 2 N–H and O–H groups in total. The lowest BCUT2D eigenvalue weighted by Gasteiger charge is -2.45. The molecule has 0 unspecified atom stereocenters. The average Bonchev–Trinajstić information content (AvgIpc) is 3.09. The van der Waals surface area contributed by atoms with Crippen molar-refractivity contribution in [1.29, 1.82) is 0 Å². The van der Waals surface area contributed by atoms with Gasteiger partial charge < -0.3 is 24.7 Å². The number of nitrogens with zero attached hydrogens (tertiary/aromatic N) is 2. The van der Waals surface area contributed by atoms with E-state index in [4.69, 9.17) is 14.5 Å². The predicted molar refractivity (Wildman–Crippen MR) is 121 cm³/mol. The van der Waals surface area contributed by atoms with E-state index in [0.29, 0.717) is 11.5 Å². The van der Waals surface area contributed by atoms with Crippen LogP contribution in [0.25, 0.3) is 22.5 Å². The maximum absolute atomic E-state index is 13.1. The molecule has 0 radical (unpaired) electrons. The topological polar surface area (TPSA) is 77.4 Å². The van der Waals surface area contributed by atoms with E-state index in [1.54, 1.807) is 14.2 Å². The molecule has 3 aliphatic rings. The SMILES string of the molecule is COc1ccc(-c2cc3c(cn2)CCc2c4c(n(C)c2-3)CC2(CNC2)NC4=O)cc1OC. The van der Waals surface area contributed by atoms with Crippen LogP contribution in [0.15, 0.2) is 30.5 Å². The molecule has 32 heavy (non-hydrogen) atoms. The van der Waals surface area contributed by atoms with E-state index in [1.165, 1.54) is 11.1 Å². The Morgan fingerprint density at radius 1 is 1.09 bits per heavy atom. The third-order valence-electron chi connectivity index (χ3n) is 7.22. The van der Waals surface area contributed by atoms with Gasteiger partial charge in [0.2, 0.25) is 0 Å². The third kappa shape index (κ3) is 2.64. The average molecular weight is 431 g/mol. The maximum Gasteiger partial charge on any atom is 0.253 e. The van der Waals surface area contributed by atoms with Crippen molar-refractivity contribution in [1.82, 2.24) is 20.2 Å². The Hall–Kier alpha value is -3.32. The molecule has 1 fully saturated rings. The summed E-state index contributed by atoms with van der Waals surface area (Å²) in [5, 5.41) is 6.59. The Morgan fingerprint density at radius 3 is 2.62 bits per heavy atom. The maximum atomic E-state index is 13.1. The Kier molecular flexibility index (Phi) is 4.14. The molecule has 3 aromatic rings. The van der Waals surface area contributed by atoms with Crippen LogP contribution < -0.4 is 20.1 Å². The minimum atomic E-state index is -0.134. The zero-order valence-electron chi connectivity index (χ0n) is 18.5. The van der Waals surface area contributed by atoms with Crippen molar-refractivity contribution >= 4 is 5.91 Å². The number of carbonyl (C=O) groups excluding carboxylic acids is 1. The molecule has 0 atom stereocenters. The van der Waals surface area contributed by atoms with Gasteiger partial charge in [-0.2, -0.15) is 0 Å². The summed E-state index contributed by atoms with van der Waals surface area (Å²) in [5.74, 6) is 1.44. The lowest BCUT2D eigenvalue weighted by atomic mass is 9.81. The summed E-state index contributed by atoms with van der Waals surface area (Å²) in [7, 11) is 5.37. The Labute approximate surface area is 186 Å². The van der Waals surface area contributed by atoms with Gasteiger partial charge in [-0.05, 0) is 48.2 Å². The highest BCUT2D eigenvalue weighted by Crippen LogP contribution is 2.42. The van der Waals surface area contributed by atoms with Crippen molar-refractivity contribution in [3.63, 3.8) is 0 Å². The van der Waals surface area contributed by atoms with Crippen LogP contribution in [0.3, 0.4) is 0 Å². The molecule has 1 aliphatic carbocycles. The number of hydrogen-bond donors (Lipinski definition) is 2. The van der Waals surface area contributed by atoms with Crippen molar-refractivity contribution < 1.29 is 14.3 Å². The van der Waals surface area contributed by atoms with E-state index in [-0.39, 0.29) is 11.4 Å². The third-order valence-corrected chi connectivity index (χ3v) is 7.22. The van der Waals surface area contributed by atoms with Crippen LogP contribution in [0.4, 0.5) is 0 Å². The molecule has 0 saturated carbocycles. The fourth-order valence-electron chi connectivity index (χ4n) is 5.48. The Morgan fingerprint density at radius 2 is 1.91 bits per heavy atom. The molecule has 164 valence electrons. The number of aromatic nitrogens is 2. The first kappa shape index (κ1) is 19.4. The molecule has 0 bridgehead atoms. The molecule has 2 aromatic heterocycles. The molecular formula is C25H26N4O3. The van der Waals surface area contributed by atoms with Crippen LogP contribution in [0.1, 0.15) is 27.2 Å². The number of fused-ring (bicyclic) bond motifs is 5. The second-order valence-electron chi connectivity index (χ2n) is 9.02. The summed E-state index contributed by atoms with van der Waals surface area (Å²) in [6, 6.07) is 8.00. The van der Waals surface area contributed by atoms with Gasteiger partial charge in [0.05, 0.1) is 36.7 Å². The molecule has 2 aliphatic heterocycles. The van der Waals surface area contributed by atoms with Crippen LogP contribution in [-0.4, -0.2) is 48.3 Å². The normalized spacial score (nSPS) is 17.7. The highest BCUT2D eigenvalue weighted by Gasteiger charge is 2.46. The summed E-state index contributed by atoms with van der Waals surface area (Å²) in [5.41, 5.74) is 8.45. The number of methoxy groups -OCH3 is 2. The van der Waals surface area contributed by atoms with E-state index in [2.05, 4.69) is 28.3 Å². The summed E-state index contributed by atoms with van der Waals surface area (Å²) in [4.78, 5) is 17.9. The fraction of sp³-hybridized carbons (Fsp3) is 0.360. The van der Waals surface area contributed by atoms with Crippen LogP contribution in [0.5, 0.6) is 11.5 Å². The van der Waals surface area contributed by atoms with Gasteiger partial charge in [0.25, 0.3) is 5.91 Å². The summed E-state index contributed by atoms with van der Waals surface area (Å²) >= 11 is 0. The van der Waals surface area contributed by atoms with Gasteiger partial charge in [0.15, 0.2) is 11.5 Å². The summed E-state index contributed by atoms with van der Waals surface area (Å²) < 4.78 is 13.1. The van der Waals surface area contributed by atoms with Crippen molar-refractivity contribution in [2.24, 2.45) is 7.05 Å². The van der Waals surface area contributed by atoms with Gasteiger partial charge in [0.1, 0.15) is 0 Å². The monoisotopic (exact) mass is 430 g/mol. The Balaban J connectivity index is 1.48. The lowest BCUT2D eigenvalue weighted by molar-refractivity contribution is 0.0824. The highest BCUT2D eigenvalue weighted by molar-refractivity contribution is 6.01. The number of carbonyl (C=O) groups is 1. The number of amides is 1. The standard InChI is InChI=1S/C25H26N4O3/c1-29-19-10-25(12-26-13-25)28-24(30)22(19)16-6-4-15-11-27-18(9-17(15)23(16)29)14-5-7-20(31-2)21(8-14)32-3/h5,7-9,11,26H,4,6,10,12-13H2,1-3H3,(H,28,30). The minimum Gasteiger partial charge on any atom is -0.493 e. The van der Waals surface area contributed by atoms with Crippen LogP contribution in [0, 0.1) is 0 Å². The number of pyridine rings is 1. The molecule has 1 spiro atoms. The molecule has 7 nitrogen and oxygen atoms in total. The molecular weight excluding hydrogens is 404 g/mol. The highest BCUT2D eigenvalue weighted by atomic mass is 16.5. The van der Waals surface area contributed by atoms with Crippen LogP contribution in [-0.2, 0) is 26.3 Å². The first-order chi connectivity index (χ1) is 15.5. The van der Waals surface area contributed by atoms with E-state index < -0.39 is 0 Å². The van der Waals surface area contributed by atoms with Crippen LogP contribution in [0.2, 0.25) is 0 Å². The van der Waals surface area contributed by atoms with Gasteiger partial charge in [0, 0.05) is 49.6 Å². The number of benzene rings is 1. The zero-order chi connectivity index (χ0) is 22.0. The van der Waals surface area contributed by atoms with Gasteiger partial charge in [-0.3, -0.25) is 9.78 Å². The molecule has 1 aromatic carbocycles. The second-order valence-corrected chi connectivity index (χ2v) is 9.02. The van der Waals surface area contributed by atoms with E-state index >= 15 is 0 Å². The first-order valence-electron chi connectivity index (χ1n) is 11.0. The Bertz CT molecular complexity index is 1270. The van der Waals surface area contributed by atoms with E-state index in [1.807, 2.05) is 24.4 Å². The van der Waals surface area contributed by atoms with Crippen molar-refractivity contribution in [3.05, 3.63) is 52.8 Å². The molecule has 4 heterocycles. The van der Waals surface area contributed by atoms with Crippen LogP contribution >= 0.6 is 0 Å². The summed E-state index contributed by atoms with van der Waals surface area (Å²) in [6.07, 6.45) is 4.60. The van der Waals surface area contributed by atoms with E-state index in [0.717, 1.165) is 66.1 Å². The quantitative estimate of drug-likeness (QED) is 0.668. The van der Waals surface area contributed by atoms with Crippen molar-refractivity contribution in [3.8, 4) is 34.0 Å². The molecule has 7 heteroatoms. The van der Waals surface area contributed by atoms with Gasteiger partial charge in [-0.1, -0.05) is 0 Å². The minimum absolute atomic E-state index is 0.0715. The summed E-state index contributed by atoms with van der Waals surface area (Å²) in [6.45, 7) is 1.66. The van der Waals surface area contributed by atoms with E-state index in [9.17, 15) is 4.79 Å². The zero-order valence-corrected chi connectivity index (χ0v) is 18.5. The van der Waals surface area contributed by atoms with Crippen molar-refractivity contribution in [2.75, 3.05) is 27.3 Å². The van der Waals surface area contributed by atoms with Crippen molar-refractivity contribution in [2.45, 2.75) is 24.8 Å². The number of rotatable bonds is 3. The second kappa shape index (κ2) is 6.84. The smallest absolute Gasteiger partial charge is 0.253 e. The van der Waals surface area contributed by atoms with Gasteiger partial charge in [-0.15, -0.1) is 0 Å². The fourth-order valence-corrected chi connectivity index (χ4v) is 5.48. The molecule has 1 saturated heterocycles. The van der Waals surface area contributed by atoms with Gasteiger partial charge in [-0.25, -0.2) is 0 Å². The number of ether oxygens (including phenoxy) is 2. The number of aryl methyl sites for hydroxylation is 1. The molecule has 6 rings (SSSR count). The van der Waals surface area contributed by atoms with Gasteiger partial charge >= 0.3 is 0 Å². The lowest BCUT2D eigenvalue weighted by Crippen LogP contribution is -2.71. The predicted octanol–water partition coefficient (Wildman–Crippen LogP) is 2.50. The molecule has 1 amide bonds.